The lowest BCUT2D eigenvalue weighted by Gasteiger charge is -2.13. The van der Waals surface area contributed by atoms with Crippen LogP contribution in [-0.4, -0.2) is 9.13 Å². The molecule has 2 N–H and O–H groups in total. The molecule has 9 rings (SSSR count). The first kappa shape index (κ1) is 48.8. The molecule has 9 aromatic rings. The van der Waals surface area contributed by atoms with Gasteiger partial charge < -0.3 is 19.8 Å². The topological polar surface area (TPSA) is 33.9 Å². The van der Waals surface area contributed by atoms with Crippen LogP contribution in [0, 0.1) is 0 Å². The third-order valence-electron chi connectivity index (χ3n) is 14.8. The van der Waals surface area contributed by atoms with Gasteiger partial charge in [0.25, 0.3) is 0 Å². The van der Waals surface area contributed by atoms with E-state index in [-0.39, 0.29) is 0 Å². The molecule has 0 saturated carbocycles. The average molecular weight is 927 g/mol. The second-order valence-electron chi connectivity index (χ2n) is 20.2. The summed E-state index contributed by atoms with van der Waals surface area (Å²) in [7, 11) is 0. The molecule has 4 heteroatoms. The van der Waals surface area contributed by atoms with E-state index in [1.54, 1.807) is 0 Å². The molecular weight excluding hydrogens is 849 g/mol. The standard InChI is InChI=1S/C66H78N4/c1-5-9-13-17-21-49-25-41-63-59(45-49)60-46-50(22-18-14-10-6-2)26-42-64(60)69(63)57-37-33-55(34-38-57)67-53-29-31-54(32-30-53)68-56-35-39-58(40-36-56)70-65-43-27-51(23-19-15-11-7-3)47-61(65)62-48-52(28-44-66(62)70)24-20-16-12-8-4/h25-48,67-68H,5-24H2,1-4H3. The summed E-state index contributed by atoms with van der Waals surface area (Å²) >= 11 is 0. The van der Waals surface area contributed by atoms with Crippen molar-refractivity contribution in [2.24, 2.45) is 0 Å². The minimum absolute atomic E-state index is 1.06. The van der Waals surface area contributed by atoms with Crippen LogP contribution in [0.15, 0.2) is 146 Å². The first-order chi connectivity index (χ1) is 34.5. The van der Waals surface area contributed by atoms with E-state index < -0.39 is 0 Å². The van der Waals surface area contributed by atoms with Gasteiger partial charge in [0.1, 0.15) is 0 Å². The largest absolute Gasteiger partial charge is 0.356 e. The molecule has 2 aromatic heterocycles. The molecule has 70 heavy (non-hydrogen) atoms. The zero-order chi connectivity index (χ0) is 48.1. The van der Waals surface area contributed by atoms with E-state index in [1.807, 2.05) is 0 Å². The molecule has 4 nitrogen and oxygen atoms in total. The van der Waals surface area contributed by atoms with Gasteiger partial charge in [-0.3, -0.25) is 0 Å². The highest BCUT2D eigenvalue weighted by Crippen LogP contribution is 2.37. The van der Waals surface area contributed by atoms with Gasteiger partial charge in [-0.2, -0.15) is 0 Å². The third-order valence-corrected chi connectivity index (χ3v) is 14.8. The fourth-order valence-electron chi connectivity index (χ4n) is 10.8. The number of hydrogen-bond donors (Lipinski definition) is 2. The maximum absolute atomic E-state index is 3.66. The van der Waals surface area contributed by atoms with Crippen LogP contribution in [0.25, 0.3) is 55.0 Å². The molecule has 0 aliphatic carbocycles. The first-order valence-corrected chi connectivity index (χ1v) is 27.5. The molecule has 0 saturated heterocycles. The number of rotatable bonds is 26. The summed E-state index contributed by atoms with van der Waals surface area (Å²) in [4.78, 5) is 0. The number of benzene rings is 7. The minimum Gasteiger partial charge on any atom is -0.356 e. The molecule has 0 amide bonds. The average Bonchev–Trinajstić information content (AvgIpc) is 3.89. The molecular formula is C66H78N4. The summed E-state index contributed by atoms with van der Waals surface area (Å²) < 4.78 is 4.92. The molecule has 0 radical (unpaired) electrons. The van der Waals surface area contributed by atoms with Gasteiger partial charge in [-0.25, -0.2) is 0 Å². The molecule has 362 valence electrons. The Morgan fingerprint density at radius 1 is 0.271 bits per heavy atom. The van der Waals surface area contributed by atoms with Gasteiger partial charge in [-0.05, 0) is 195 Å². The van der Waals surface area contributed by atoms with Crippen molar-refractivity contribution in [2.75, 3.05) is 10.6 Å². The van der Waals surface area contributed by atoms with Crippen LogP contribution in [0.5, 0.6) is 0 Å². The van der Waals surface area contributed by atoms with Crippen LogP contribution in [0.3, 0.4) is 0 Å². The van der Waals surface area contributed by atoms with E-state index in [0.717, 1.165) is 48.4 Å². The Bertz CT molecular complexity index is 2730. The molecule has 0 aliphatic heterocycles. The Labute approximate surface area is 419 Å². The summed E-state index contributed by atoms with van der Waals surface area (Å²) in [5, 5.41) is 12.8. The number of fused-ring (bicyclic) bond motifs is 6. The van der Waals surface area contributed by atoms with Crippen molar-refractivity contribution in [1.82, 2.24) is 9.13 Å². The predicted octanol–water partition coefficient (Wildman–Crippen LogP) is 19.9. The quantitative estimate of drug-likeness (QED) is 0.0531. The van der Waals surface area contributed by atoms with E-state index in [0.29, 0.717) is 0 Å². The van der Waals surface area contributed by atoms with Gasteiger partial charge in [-0.1, -0.05) is 129 Å². The van der Waals surface area contributed by atoms with Crippen molar-refractivity contribution in [3.8, 4) is 11.4 Å². The highest BCUT2D eigenvalue weighted by Gasteiger charge is 2.16. The molecule has 7 aromatic carbocycles. The molecule has 0 unspecified atom stereocenters. The molecule has 0 fully saturated rings. The zero-order valence-electron chi connectivity index (χ0n) is 42.9. The van der Waals surface area contributed by atoms with Gasteiger partial charge in [0, 0.05) is 55.7 Å². The fourth-order valence-corrected chi connectivity index (χ4v) is 10.8. The monoisotopic (exact) mass is 927 g/mol. The van der Waals surface area contributed by atoms with Gasteiger partial charge >= 0.3 is 0 Å². The van der Waals surface area contributed by atoms with Gasteiger partial charge in [-0.15, -0.1) is 0 Å². The first-order valence-electron chi connectivity index (χ1n) is 27.5. The normalized spacial score (nSPS) is 11.7. The SMILES string of the molecule is CCCCCCc1ccc2c(c1)c1cc(CCCCCC)ccc1n2-c1ccc(Nc2ccc(Nc3ccc(-n4c5ccc(CCCCCC)cc5c5cc(CCCCCC)ccc54)cc3)cc2)cc1. The van der Waals surface area contributed by atoms with Crippen LogP contribution in [0.2, 0.25) is 0 Å². The number of aryl methyl sites for hydroxylation is 4. The third kappa shape index (κ3) is 11.7. The maximum atomic E-state index is 3.66. The Kier molecular flexibility index (Phi) is 16.7. The van der Waals surface area contributed by atoms with Crippen LogP contribution in [0.1, 0.15) is 153 Å². The summed E-state index contributed by atoms with van der Waals surface area (Å²) in [5.74, 6) is 0. The van der Waals surface area contributed by atoms with Crippen LogP contribution < -0.4 is 10.6 Å². The summed E-state index contributed by atoms with van der Waals surface area (Å²) in [6.45, 7) is 9.16. The van der Waals surface area contributed by atoms with Gasteiger partial charge in [0.2, 0.25) is 0 Å². The Balaban J connectivity index is 0.892. The van der Waals surface area contributed by atoms with Crippen molar-refractivity contribution >= 4 is 66.4 Å². The van der Waals surface area contributed by atoms with Crippen molar-refractivity contribution in [1.29, 1.82) is 0 Å². The molecule has 2 heterocycles. The second kappa shape index (κ2) is 24.0. The number of hydrogen-bond acceptors (Lipinski definition) is 2. The summed E-state index contributed by atoms with van der Waals surface area (Å²) in [6.07, 6.45) is 25.2. The Morgan fingerprint density at radius 2 is 0.514 bits per heavy atom. The van der Waals surface area contributed by atoms with E-state index >= 15 is 0 Å². The zero-order valence-corrected chi connectivity index (χ0v) is 42.9. The molecule has 0 atom stereocenters. The Morgan fingerprint density at radius 3 is 0.757 bits per heavy atom. The summed E-state index contributed by atoms with van der Waals surface area (Å²) in [6, 6.07) is 55.3. The lowest BCUT2D eigenvalue weighted by molar-refractivity contribution is 0.667. The number of unbranched alkanes of at least 4 members (excludes halogenated alkanes) is 12. The van der Waals surface area contributed by atoms with Crippen molar-refractivity contribution in [3.05, 3.63) is 168 Å². The van der Waals surface area contributed by atoms with E-state index in [9.17, 15) is 0 Å². The Hall–Kier alpha value is -6.26. The van der Waals surface area contributed by atoms with Crippen molar-refractivity contribution in [3.63, 3.8) is 0 Å². The van der Waals surface area contributed by atoms with E-state index in [4.69, 9.17) is 0 Å². The molecule has 0 bridgehead atoms. The van der Waals surface area contributed by atoms with E-state index in [1.165, 1.54) is 180 Å². The van der Waals surface area contributed by atoms with E-state index in [2.05, 4.69) is 193 Å². The van der Waals surface area contributed by atoms with Crippen LogP contribution >= 0.6 is 0 Å². The number of aromatic nitrogens is 2. The number of nitrogens with zero attached hydrogens (tertiary/aromatic N) is 2. The van der Waals surface area contributed by atoms with Gasteiger partial charge in [0.15, 0.2) is 0 Å². The van der Waals surface area contributed by atoms with Crippen LogP contribution in [0.4, 0.5) is 22.7 Å². The highest BCUT2D eigenvalue weighted by molar-refractivity contribution is 6.11. The van der Waals surface area contributed by atoms with Crippen LogP contribution in [-0.2, 0) is 25.7 Å². The summed E-state index contributed by atoms with van der Waals surface area (Å²) in [5.41, 5.74) is 17.6. The number of nitrogens with one attached hydrogen (secondary N) is 2. The molecule has 0 aliphatic rings. The minimum atomic E-state index is 1.06. The lowest BCUT2D eigenvalue weighted by Crippen LogP contribution is -1.97. The second-order valence-corrected chi connectivity index (χ2v) is 20.2. The van der Waals surface area contributed by atoms with Crippen molar-refractivity contribution in [2.45, 2.75) is 156 Å². The number of anilines is 4. The maximum Gasteiger partial charge on any atom is 0.0541 e. The smallest absolute Gasteiger partial charge is 0.0541 e. The van der Waals surface area contributed by atoms with Gasteiger partial charge in [0.05, 0.1) is 22.1 Å². The molecule has 0 spiro atoms. The predicted molar refractivity (Wildman–Crippen MR) is 306 cm³/mol. The lowest BCUT2D eigenvalue weighted by atomic mass is 10.0. The van der Waals surface area contributed by atoms with Crippen molar-refractivity contribution < 1.29 is 0 Å². The fraction of sp³-hybridized carbons (Fsp3) is 0.364. The highest BCUT2D eigenvalue weighted by atomic mass is 15.0.